The van der Waals surface area contributed by atoms with Crippen LogP contribution in [0.3, 0.4) is 0 Å². The molecule has 4 rings (SSSR count). The van der Waals surface area contributed by atoms with E-state index >= 15 is 0 Å². The second-order valence-corrected chi connectivity index (χ2v) is 7.61. The van der Waals surface area contributed by atoms with Crippen LogP contribution in [0.1, 0.15) is 28.4 Å². The summed E-state index contributed by atoms with van der Waals surface area (Å²) in [4.78, 5) is 12.5. The Kier molecular flexibility index (Phi) is 5.84. The van der Waals surface area contributed by atoms with Crippen LogP contribution in [0.25, 0.3) is 0 Å². The van der Waals surface area contributed by atoms with Gasteiger partial charge in [0.25, 0.3) is 0 Å². The van der Waals surface area contributed by atoms with Crippen molar-refractivity contribution in [3.63, 3.8) is 0 Å². The Morgan fingerprint density at radius 3 is 2.41 bits per heavy atom. The van der Waals surface area contributed by atoms with Crippen molar-refractivity contribution in [3.05, 3.63) is 41.5 Å². The van der Waals surface area contributed by atoms with E-state index < -0.39 is 54.9 Å². The van der Waals surface area contributed by atoms with Gasteiger partial charge in [0.15, 0.2) is 5.78 Å². The van der Waals surface area contributed by atoms with Crippen molar-refractivity contribution in [1.82, 2.24) is 0 Å². The number of fused-ring (bicyclic) bond motifs is 1. The lowest BCUT2D eigenvalue weighted by Gasteiger charge is -2.39. The third-order valence-electron chi connectivity index (χ3n) is 5.43. The van der Waals surface area contributed by atoms with Gasteiger partial charge in [0.05, 0.1) is 13.0 Å². The molecule has 2 aromatic rings. The number of ether oxygens (including phenoxy) is 3. The van der Waals surface area contributed by atoms with E-state index in [2.05, 4.69) is 0 Å². The summed E-state index contributed by atoms with van der Waals surface area (Å²) in [5, 5.41) is 69.0. The number of carbonyl (C=O) groups excluding carboxylic acids is 1. The zero-order valence-electron chi connectivity index (χ0n) is 16.5. The van der Waals surface area contributed by atoms with Gasteiger partial charge in [0.1, 0.15) is 64.8 Å². The van der Waals surface area contributed by atoms with E-state index in [0.29, 0.717) is 0 Å². The topological polar surface area (TPSA) is 186 Å². The standard InChI is InChI=1S/C21H22O11/c22-7-16-18(27)19(28)20(29)21(32-16)30-9-1-2-10(11(24)5-9)14-6-13(26)17-12(25)3-8(23)4-15(17)31-14/h1-5,14,16,18-25,27-29H,6-7H2/t14-,16+,18+,19-,20+,21?/m0/s1. The number of aliphatic hydroxyl groups excluding tert-OH is 4. The second kappa shape index (κ2) is 8.45. The Labute approximate surface area is 181 Å². The number of phenolic OH excluding ortho intramolecular Hbond substituents is 3. The molecule has 0 spiro atoms. The lowest BCUT2D eigenvalue weighted by atomic mass is 9.95. The molecular weight excluding hydrogens is 428 g/mol. The predicted octanol–water partition coefficient (Wildman–Crippen LogP) is -0.311. The Balaban J connectivity index is 1.53. The summed E-state index contributed by atoms with van der Waals surface area (Å²) in [6.07, 6.45) is -8.43. The van der Waals surface area contributed by atoms with Crippen LogP contribution in [0.5, 0.6) is 28.7 Å². The molecular formula is C21H22O11. The number of rotatable bonds is 4. The highest BCUT2D eigenvalue weighted by Gasteiger charge is 2.44. The Morgan fingerprint density at radius 1 is 0.969 bits per heavy atom. The highest BCUT2D eigenvalue weighted by atomic mass is 16.7. The van der Waals surface area contributed by atoms with Crippen molar-refractivity contribution < 1.29 is 54.8 Å². The molecule has 0 radical (unpaired) electrons. The number of aliphatic hydroxyl groups is 4. The van der Waals surface area contributed by atoms with Crippen LogP contribution in [-0.2, 0) is 4.74 Å². The molecule has 172 valence electrons. The summed E-state index contributed by atoms with van der Waals surface area (Å²) >= 11 is 0. The van der Waals surface area contributed by atoms with Gasteiger partial charge < -0.3 is 50.0 Å². The van der Waals surface area contributed by atoms with E-state index in [4.69, 9.17) is 14.2 Å². The molecule has 11 heteroatoms. The average Bonchev–Trinajstić information content (AvgIpc) is 2.73. The van der Waals surface area contributed by atoms with Crippen LogP contribution in [0.15, 0.2) is 30.3 Å². The van der Waals surface area contributed by atoms with E-state index in [1.165, 1.54) is 24.3 Å². The fraction of sp³-hybridized carbons (Fsp3) is 0.381. The molecule has 2 aromatic carbocycles. The first-order chi connectivity index (χ1) is 15.2. The number of Topliss-reactive ketones (excluding diaryl/α,β-unsaturated/α-hetero) is 1. The van der Waals surface area contributed by atoms with E-state index in [-0.39, 0.29) is 40.5 Å². The van der Waals surface area contributed by atoms with Crippen LogP contribution in [0.2, 0.25) is 0 Å². The van der Waals surface area contributed by atoms with Crippen molar-refractivity contribution >= 4 is 5.78 Å². The van der Waals surface area contributed by atoms with Crippen molar-refractivity contribution in [2.24, 2.45) is 0 Å². The van der Waals surface area contributed by atoms with Gasteiger partial charge in [-0.2, -0.15) is 0 Å². The summed E-state index contributed by atoms with van der Waals surface area (Å²) in [6, 6.07) is 6.22. The van der Waals surface area contributed by atoms with Crippen LogP contribution < -0.4 is 9.47 Å². The Morgan fingerprint density at radius 2 is 1.72 bits per heavy atom. The number of aromatic hydroxyl groups is 3. The van der Waals surface area contributed by atoms with Crippen molar-refractivity contribution in [2.75, 3.05) is 6.61 Å². The molecule has 0 bridgehead atoms. The van der Waals surface area contributed by atoms with Gasteiger partial charge in [-0.15, -0.1) is 0 Å². The highest BCUT2D eigenvalue weighted by molar-refractivity contribution is 6.02. The average molecular weight is 450 g/mol. The molecule has 2 aliphatic rings. The quantitative estimate of drug-likeness (QED) is 0.324. The molecule has 0 aliphatic carbocycles. The van der Waals surface area contributed by atoms with Gasteiger partial charge in [-0.05, 0) is 12.1 Å². The van der Waals surface area contributed by atoms with Gasteiger partial charge in [-0.25, -0.2) is 0 Å². The van der Waals surface area contributed by atoms with Crippen molar-refractivity contribution in [3.8, 4) is 28.7 Å². The van der Waals surface area contributed by atoms with E-state index in [0.717, 1.165) is 6.07 Å². The molecule has 6 atom stereocenters. The molecule has 1 unspecified atom stereocenters. The zero-order valence-corrected chi connectivity index (χ0v) is 16.5. The van der Waals surface area contributed by atoms with Gasteiger partial charge in [-0.1, -0.05) is 0 Å². The maximum Gasteiger partial charge on any atom is 0.229 e. The minimum absolute atomic E-state index is 0.0233. The molecule has 32 heavy (non-hydrogen) atoms. The minimum Gasteiger partial charge on any atom is -0.508 e. The first-order valence-corrected chi connectivity index (χ1v) is 9.75. The summed E-state index contributed by atoms with van der Waals surface area (Å²) in [7, 11) is 0. The van der Waals surface area contributed by atoms with E-state index in [1.54, 1.807) is 0 Å². The number of ketones is 1. The fourth-order valence-electron chi connectivity index (χ4n) is 3.77. The van der Waals surface area contributed by atoms with Gasteiger partial charge in [0.2, 0.25) is 6.29 Å². The molecule has 0 saturated carbocycles. The van der Waals surface area contributed by atoms with Gasteiger partial charge in [-0.3, -0.25) is 4.79 Å². The lowest BCUT2D eigenvalue weighted by molar-refractivity contribution is -0.277. The monoisotopic (exact) mass is 450 g/mol. The van der Waals surface area contributed by atoms with Crippen molar-refractivity contribution in [2.45, 2.75) is 43.2 Å². The maximum absolute atomic E-state index is 12.5. The van der Waals surface area contributed by atoms with Crippen LogP contribution in [0, 0.1) is 0 Å². The number of hydrogen-bond acceptors (Lipinski definition) is 11. The number of hydrogen-bond donors (Lipinski definition) is 7. The second-order valence-electron chi connectivity index (χ2n) is 7.61. The number of benzene rings is 2. The number of phenols is 3. The van der Waals surface area contributed by atoms with Crippen LogP contribution in [-0.4, -0.2) is 78.8 Å². The highest BCUT2D eigenvalue weighted by Crippen LogP contribution is 2.43. The Hall–Kier alpha value is -3.09. The lowest BCUT2D eigenvalue weighted by Crippen LogP contribution is -2.60. The summed E-state index contributed by atoms with van der Waals surface area (Å²) in [6.45, 7) is -0.616. The summed E-state index contributed by atoms with van der Waals surface area (Å²) in [5.41, 5.74) is 0.175. The molecule has 1 fully saturated rings. The minimum atomic E-state index is -1.62. The van der Waals surface area contributed by atoms with Crippen LogP contribution >= 0.6 is 0 Å². The summed E-state index contributed by atoms with van der Waals surface area (Å²) < 4.78 is 16.4. The maximum atomic E-state index is 12.5. The fourth-order valence-corrected chi connectivity index (χ4v) is 3.77. The smallest absolute Gasteiger partial charge is 0.229 e. The zero-order chi connectivity index (χ0) is 23.2. The SMILES string of the molecule is O=C1C[C@@H](c2ccc(OC3O[C@H](CO)[C@@H](O)[C@H](O)[C@H]3O)cc2O)Oc2cc(O)cc(O)c21. The molecule has 2 aliphatic heterocycles. The third kappa shape index (κ3) is 3.92. The van der Waals surface area contributed by atoms with E-state index in [9.17, 15) is 40.5 Å². The molecule has 1 saturated heterocycles. The van der Waals surface area contributed by atoms with E-state index in [1.807, 2.05) is 0 Å². The van der Waals surface area contributed by atoms with Crippen LogP contribution in [0.4, 0.5) is 0 Å². The molecule has 0 amide bonds. The number of carbonyl (C=O) groups is 1. The normalized spacial score (nSPS) is 29.8. The van der Waals surface area contributed by atoms with Gasteiger partial charge in [0, 0.05) is 23.8 Å². The molecule has 0 aromatic heterocycles. The first-order valence-electron chi connectivity index (χ1n) is 9.75. The van der Waals surface area contributed by atoms with Gasteiger partial charge >= 0.3 is 0 Å². The summed E-state index contributed by atoms with van der Waals surface area (Å²) in [5.74, 6) is -1.43. The molecule has 2 heterocycles. The molecule has 11 nitrogen and oxygen atoms in total. The first kappa shape index (κ1) is 22.1. The largest absolute Gasteiger partial charge is 0.508 e. The molecule has 7 N–H and O–H groups in total. The predicted molar refractivity (Wildman–Crippen MR) is 105 cm³/mol. The Bertz CT molecular complexity index is 1020. The third-order valence-corrected chi connectivity index (χ3v) is 5.43. The van der Waals surface area contributed by atoms with Crippen molar-refractivity contribution in [1.29, 1.82) is 0 Å².